The van der Waals surface area contributed by atoms with Crippen molar-refractivity contribution in [1.82, 2.24) is 5.16 Å². The van der Waals surface area contributed by atoms with Crippen molar-refractivity contribution in [2.24, 2.45) is 5.92 Å². The van der Waals surface area contributed by atoms with Crippen molar-refractivity contribution in [3.05, 3.63) is 24.3 Å². The summed E-state index contributed by atoms with van der Waals surface area (Å²) in [4.78, 5) is 0. The number of aromatic nitrogens is 1. The van der Waals surface area contributed by atoms with Crippen molar-refractivity contribution in [3.63, 3.8) is 0 Å². The van der Waals surface area contributed by atoms with Crippen LogP contribution in [0.25, 0.3) is 11.0 Å². The topological polar surface area (TPSA) is 38.1 Å². The minimum absolute atomic E-state index is 0.0428. The van der Waals surface area contributed by atoms with E-state index in [1.54, 1.807) is 0 Å². The molecule has 19 heavy (non-hydrogen) atoms. The van der Waals surface area contributed by atoms with E-state index in [1.165, 1.54) is 12.8 Å². The molecule has 3 nitrogen and oxygen atoms in total. The lowest BCUT2D eigenvalue weighted by atomic mass is 9.77. The molecule has 2 unspecified atom stereocenters. The number of para-hydroxylation sites is 1. The second kappa shape index (κ2) is 5.04. The lowest BCUT2D eigenvalue weighted by molar-refractivity contribution is 0.278. The van der Waals surface area contributed by atoms with Crippen LogP contribution < -0.4 is 5.32 Å². The van der Waals surface area contributed by atoms with Crippen LogP contribution >= 0.6 is 11.6 Å². The maximum atomic E-state index is 6.25. The summed E-state index contributed by atoms with van der Waals surface area (Å²) in [5.74, 6) is 2.14. The fourth-order valence-electron chi connectivity index (χ4n) is 3.16. The molecule has 1 heterocycles. The lowest BCUT2D eigenvalue weighted by Crippen LogP contribution is -2.44. The van der Waals surface area contributed by atoms with Gasteiger partial charge in [0, 0.05) is 5.88 Å². The van der Waals surface area contributed by atoms with E-state index in [2.05, 4.69) is 17.4 Å². The van der Waals surface area contributed by atoms with E-state index >= 15 is 0 Å². The second-order valence-corrected chi connectivity index (χ2v) is 6.04. The zero-order chi connectivity index (χ0) is 13.3. The molecule has 2 aromatic rings. The van der Waals surface area contributed by atoms with Gasteiger partial charge in [0.25, 0.3) is 0 Å². The molecule has 2 atom stereocenters. The minimum Gasteiger partial charge on any atom is -0.360 e. The average molecular weight is 279 g/mol. The normalized spacial score (nSPS) is 27.6. The van der Waals surface area contributed by atoms with Crippen molar-refractivity contribution in [2.45, 2.75) is 38.1 Å². The molecule has 0 amide bonds. The molecule has 0 saturated heterocycles. The minimum atomic E-state index is -0.0428. The van der Waals surface area contributed by atoms with Crippen LogP contribution in [-0.4, -0.2) is 16.6 Å². The molecule has 3 rings (SSSR count). The maximum Gasteiger partial charge on any atom is 0.177 e. The molecule has 0 bridgehead atoms. The summed E-state index contributed by atoms with van der Waals surface area (Å²) in [6.07, 6.45) is 4.70. The van der Waals surface area contributed by atoms with Gasteiger partial charge in [-0.05, 0) is 30.9 Å². The number of hydrogen-bond donors (Lipinski definition) is 1. The number of rotatable bonds is 3. The SMILES string of the molecule is CC1CCCC(CCl)(Nc2noc3ccccc23)C1. The van der Waals surface area contributed by atoms with Crippen molar-refractivity contribution in [1.29, 1.82) is 0 Å². The van der Waals surface area contributed by atoms with Crippen LogP contribution in [-0.2, 0) is 0 Å². The molecule has 1 aliphatic carbocycles. The van der Waals surface area contributed by atoms with Gasteiger partial charge in [-0.2, -0.15) is 0 Å². The monoisotopic (exact) mass is 278 g/mol. The highest BCUT2D eigenvalue weighted by atomic mass is 35.5. The predicted octanol–water partition coefficient (Wildman–Crippen LogP) is 4.43. The highest BCUT2D eigenvalue weighted by Gasteiger charge is 2.35. The Morgan fingerprint density at radius 2 is 2.32 bits per heavy atom. The number of fused-ring (bicyclic) bond motifs is 1. The van der Waals surface area contributed by atoms with Gasteiger partial charge in [-0.25, -0.2) is 0 Å². The number of halogens is 1. The standard InChI is InChI=1S/C15H19ClN2O/c1-11-5-4-8-15(9-11,10-16)17-14-12-6-2-3-7-13(12)19-18-14/h2-3,6-7,11H,4-5,8-10H2,1H3,(H,17,18). The van der Waals surface area contributed by atoms with E-state index in [-0.39, 0.29) is 5.54 Å². The molecule has 0 radical (unpaired) electrons. The first-order valence-corrected chi connectivity index (χ1v) is 7.44. The van der Waals surface area contributed by atoms with E-state index in [0.29, 0.717) is 11.8 Å². The van der Waals surface area contributed by atoms with Crippen LogP contribution in [0.2, 0.25) is 0 Å². The smallest absolute Gasteiger partial charge is 0.177 e. The van der Waals surface area contributed by atoms with Gasteiger partial charge < -0.3 is 9.84 Å². The van der Waals surface area contributed by atoms with Gasteiger partial charge in [0.15, 0.2) is 11.4 Å². The number of hydrogen-bond acceptors (Lipinski definition) is 3. The lowest BCUT2D eigenvalue weighted by Gasteiger charge is -2.39. The largest absolute Gasteiger partial charge is 0.360 e. The van der Waals surface area contributed by atoms with E-state index in [4.69, 9.17) is 16.1 Å². The predicted molar refractivity (Wildman–Crippen MR) is 78.7 cm³/mol. The number of anilines is 1. The Morgan fingerprint density at radius 1 is 1.47 bits per heavy atom. The fourth-order valence-corrected chi connectivity index (χ4v) is 3.47. The molecule has 1 aromatic heterocycles. The van der Waals surface area contributed by atoms with Crippen LogP contribution in [0.5, 0.6) is 0 Å². The Kier molecular flexibility index (Phi) is 3.40. The van der Waals surface area contributed by atoms with Crippen LogP contribution in [0, 0.1) is 5.92 Å². The van der Waals surface area contributed by atoms with E-state index < -0.39 is 0 Å². The molecule has 1 N–H and O–H groups in total. The zero-order valence-corrected chi connectivity index (χ0v) is 11.9. The maximum absolute atomic E-state index is 6.25. The molecule has 102 valence electrons. The van der Waals surface area contributed by atoms with Gasteiger partial charge in [0.1, 0.15) is 0 Å². The Morgan fingerprint density at radius 3 is 3.11 bits per heavy atom. The summed E-state index contributed by atoms with van der Waals surface area (Å²) in [5, 5.41) is 8.76. The van der Waals surface area contributed by atoms with E-state index in [1.807, 2.05) is 24.3 Å². The third-order valence-electron chi connectivity index (χ3n) is 4.11. The first kappa shape index (κ1) is 12.8. The summed E-state index contributed by atoms with van der Waals surface area (Å²) < 4.78 is 5.35. The van der Waals surface area contributed by atoms with E-state index in [9.17, 15) is 0 Å². The number of nitrogens with zero attached hydrogens (tertiary/aromatic N) is 1. The molecule has 1 aromatic carbocycles. The van der Waals surface area contributed by atoms with Crippen molar-refractivity contribution >= 4 is 28.4 Å². The molecule has 1 saturated carbocycles. The first-order valence-electron chi connectivity index (χ1n) is 6.91. The third-order valence-corrected chi connectivity index (χ3v) is 4.62. The Hall–Kier alpha value is -1.22. The van der Waals surface area contributed by atoms with Crippen molar-refractivity contribution < 1.29 is 4.52 Å². The number of alkyl halides is 1. The van der Waals surface area contributed by atoms with Gasteiger partial charge in [-0.15, -0.1) is 11.6 Å². The van der Waals surface area contributed by atoms with Gasteiger partial charge in [-0.1, -0.05) is 37.1 Å². The molecule has 0 aliphatic heterocycles. The molecule has 4 heteroatoms. The third kappa shape index (κ3) is 2.44. The quantitative estimate of drug-likeness (QED) is 0.844. The van der Waals surface area contributed by atoms with Crippen LogP contribution in [0.15, 0.2) is 28.8 Å². The van der Waals surface area contributed by atoms with Crippen molar-refractivity contribution in [3.8, 4) is 0 Å². The summed E-state index contributed by atoms with van der Waals surface area (Å²) in [5.41, 5.74) is 0.775. The van der Waals surface area contributed by atoms with Crippen LogP contribution in [0.4, 0.5) is 5.82 Å². The summed E-state index contributed by atoms with van der Waals surface area (Å²) in [7, 11) is 0. The van der Waals surface area contributed by atoms with Gasteiger partial charge in [0.05, 0.1) is 10.9 Å². The molecular formula is C15H19ClN2O. The molecule has 1 aliphatic rings. The number of nitrogens with one attached hydrogen (secondary N) is 1. The van der Waals surface area contributed by atoms with Crippen molar-refractivity contribution in [2.75, 3.05) is 11.2 Å². The highest BCUT2D eigenvalue weighted by Crippen LogP contribution is 2.37. The molecule has 0 spiro atoms. The van der Waals surface area contributed by atoms with E-state index in [0.717, 1.165) is 29.6 Å². The summed E-state index contributed by atoms with van der Waals surface area (Å²) >= 11 is 6.25. The van der Waals surface area contributed by atoms with Crippen LogP contribution in [0.3, 0.4) is 0 Å². The van der Waals surface area contributed by atoms with Gasteiger partial charge in [0.2, 0.25) is 0 Å². The average Bonchev–Trinajstić information content (AvgIpc) is 2.82. The van der Waals surface area contributed by atoms with Crippen LogP contribution in [0.1, 0.15) is 32.6 Å². The van der Waals surface area contributed by atoms with Gasteiger partial charge >= 0.3 is 0 Å². The fraction of sp³-hybridized carbons (Fsp3) is 0.533. The summed E-state index contributed by atoms with van der Waals surface area (Å²) in [6, 6.07) is 7.92. The number of benzene rings is 1. The highest BCUT2D eigenvalue weighted by molar-refractivity contribution is 6.19. The molecule has 1 fully saturated rings. The van der Waals surface area contributed by atoms with Gasteiger partial charge in [-0.3, -0.25) is 0 Å². The zero-order valence-electron chi connectivity index (χ0n) is 11.2. The first-order chi connectivity index (χ1) is 9.22. The summed E-state index contributed by atoms with van der Waals surface area (Å²) in [6.45, 7) is 2.29. The Balaban J connectivity index is 1.90. The molecular weight excluding hydrogens is 260 g/mol. The Bertz CT molecular complexity index is 568. The Labute approximate surface area is 118 Å². The second-order valence-electron chi connectivity index (χ2n) is 5.77.